The van der Waals surface area contributed by atoms with E-state index in [0.29, 0.717) is 52.4 Å². The summed E-state index contributed by atoms with van der Waals surface area (Å²) in [6.45, 7) is 15.6. The number of nitrogens with zero attached hydrogens (tertiary/aromatic N) is 6. The molecule has 336 valence electrons. The summed E-state index contributed by atoms with van der Waals surface area (Å²) < 4.78 is 29.7. The van der Waals surface area contributed by atoms with Crippen molar-refractivity contribution in [3.63, 3.8) is 0 Å². The first-order valence-electron chi connectivity index (χ1n) is 21.3. The summed E-state index contributed by atoms with van der Waals surface area (Å²) in [6, 6.07) is 10.9. The molecule has 4 aromatic rings. The Balaban J connectivity index is 0.000000191. The molecule has 0 saturated carbocycles. The summed E-state index contributed by atoms with van der Waals surface area (Å²) in [5, 5.41) is 9.09. The van der Waals surface area contributed by atoms with Crippen LogP contribution in [0.3, 0.4) is 0 Å². The van der Waals surface area contributed by atoms with Gasteiger partial charge in [-0.25, -0.2) is 28.3 Å². The number of imide groups is 2. The van der Waals surface area contributed by atoms with Gasteiger partial charge in [0, 0.05) is 87.0 Å². The molecule has 2 aromatic carbocycles. The van der Waals surface area contributed by atoms with Gasteiger partial charge < -0.3 is 30.2 Å². The number of aromatic nitrogens is 2. The number of hydrogen-bond donors (Lipinski definition) is 4. The molecular formula is C46H52F2N10O6. The molecule has 0 aliphatic carbocycles. The lowest BCUT2D eigenvalue weighted by Crippen LogP contribution is -2.49. The summed E-state index contributed by atoms with van der Waals surface area (Å²) in [5.74, 6) is -1.39. The van der Waals surface area contributed by atoms with Crippen molar-refractivity contribution in [2.75, 3.05) is 62.2 Å². The van der Waals surface area contributed by atoms with Crippen LogP contribution >= 0.6 is 0 Å². The minimum absolute atomic E-state index is 0.0132. The van der Waals surface area contributed by atoms with Crippen molar-refractivity contribution in [3.05, 3.63) is 117 Å². The summed E-state index contributed by atoms with van der Waals surface area (Å²) in [6.07, 6.45) is 5.64. The van der Waals surface area contributed by atoms with Crippen molar-refractivity contribution in [2.45, 2.75) is 65.5 Å². The number of aryl methyl sites for hydroxylation is 4. The van der Waals surface area contributed by atoms with Crippen LogP contribution in [0.5, 0.6) is 0 Å². The second-order valence-electron chi connectivity index (χ2n) is 16.7. The number of urea groups is 2. The summed E-state index contributed by atoms with van der Waals surface area (Å²) in [5.41, 5.74) is 2.02. The fourth-order valence-electron chi connectivity index (χ4n) is 8.48. The molecule has 8 amide bonds. The van der Waals surface area contributed by atoms with Gasteiger partial charge >= 0.3 is 12.1 Å². The lowest BCUT2D eigenvalue weighted by Gasteiger charge is -2.36. The van der Waals surface area contributed by atoms with Gasteiger partial charge in [0.15, 0.2) is 0 Å². The normalized spacial score (nSPS) is 20.9. The van der Waals surface area contributed by atoms with Gasteiger partial charge in [-0.3, -0.25) is 29.8 Å². The zero-order valence-corrected chi connectivity index (χ0v) is 36.7. The van der Waals surface area contributed by atoms with Gasteiger partial charge in [0.2, 0.25) is 0 Å². The minimum atomic E-state index is -1.51. The van der Waals surface area contributed by atoms with Gasteiger partial charge in [-0.05, 0) is 87.1 Å². The van der Waals surface area contributed by atoms with Crippen LogP contribution < -0.4 is 31.1 Å². The summed E-state index contributed by atoms with van der Waals surface area (Å²) in [7, 11) is 0. The molecule has 64 heavy (non-hydrogen) atoms. The molecule has 4 aliphatic heterocycles. The molecule has 0 radical (unpaired) electrons. The highest BCUT2D eigenvalue weighted by molar-refractivity contribution is 6.08. The van der Waals surface area contributed by atoms with E-state index >= 15 is 0 Å². The molecule has 4 saturated heterocycles. The van der Waals surface area contributed by atoms with Crippen LogP contribution in [0.2, 0.25) is 0 Å². The fraction of sp³-hybridized carbons (Fsp3) is 0.391. The first kappa shape index (κ1) is 45.1. The Labute approximate surface area is 369 Å². The number of benzene rings is 2. The third-order valence-corrected chi connectivity index (χ3v) is 12.4. The van der Waals surface area contributed by atoms with Gasteiger partial charge in [0.05, 0.1) is 0 Å². The molecule has 0 spiro atoms. The first-order chi connectivity index (χ1) is 30.4. The van der Waals surface area contributed by atoms with Crippen molar-refractivity contribution in [3.8, 4) is 0 Å². The lowest BCUT2D eigenvalue weighted by atomic mass is 9.91. The Morgan fingerprint density at radius 3 is 1.23 bits per heavy atom. The van der Waals surface area contributed by atoms with E-state index in [1.165, 1.54) is 49.2 Å². The number of hydrogen-bond acceptors (Lipinski definition) is 10. The van der Waals surface area contributed by atoms with Crippen LogP contribution in [0, 0.1) is 25.5 Å². The number of nitrogens with one attached hydrogen (secondary N) is 4. The van der Waals surface area contributed by atoms with Crippen LogP contribution in [0.15, 0.2) is 60.9 Å². The second kappa shape index (κ2) is 18.0. The molecule has 2 atom stereocenters. The maximum atomic E-state index is 14.8. The maximum Gasteiger partial charge on any atom is 0.322 e. The van der Waals surface area contributed by atoms with Gasteiger partial charge in [-0.1, -0.05) is 38.1 Å². The van der Waals surface area contributed by atoms with Crippen LogP contribution in [-0.2, 0) is 33.5 Å². The van der Waals surface area contributed by atoms with Crippen molar-refractivity contribution >= 4 is 47.3 Å². The van der Waals surface area contributed by atoms with E-state index < -0.39 is 46.6 Å². The van der Waals surface area contributed by atoms with Crippen molar-refractivity contribution in [1.29, 1.82) is 0 Å². The van der Waals surface area contributed by atoms with Crippen molar-refractivity contribution < 1.29 is 37.5 Å². The predicted molar refractivity (Wildman–Crippen MR) is 234 cm³/mol. The van der Waals surface area contributed by atoms with Crippen LogP contribution in [0.4, 0.5) is 30.0 Å². The van der Waals surface area contributed by atoms with E-state index in [-0.39, 0.29) is 34.1 Å². The standard InChI is InChI=1S/2C23H26FN5O3/c2*1-4-15-11-14(2)19(25-13-15)28-7-9-29(10-8-28)20(30)16-5-6-17(18(24)12-16)23(3)21(31)26-22(32)27-23/h2*5-6,11-13H,4,7-10H2,1-3H3,(H2,26,27,31,32)/t2*23-/m10/s1. The lowest BCUT2D eigenvalue weighted by molar-refractivity contribution is -0.124. The van der Waals surface area contributed by atoms with Crippen LogP contribution in [0.25, 0.3) is 0 Å². The number of piperazine rings is 2. The largest absolute Gasteiger partial charge is 0.353 e. The predicted octanol–water partition coefficient (Wildman–Crippen LogP) is 4.22. The number of rotatable bonds is 8. The highest BCUT2D eigenvalue weighted by Gasteiger charge is 2.46. The van der Waals surface area contributed by atoms with E-state index in [1.54, 1.807) is 9.80 Å². The molecule has 4 aliphatic rings. The Kier molecular flexibility index (Phi) is 12.7. The monoisotopic (exact) mass is 878 g/mol. The molecule has 4 fully saturated rings. The number of carbonyl (C=O) groups excluding carboxylic acids is 6. The smallest absolute Gasteiger partial charge is 0.322 e. The van der Waals surface area contributed by atoms with E-state index in [1.807, 2.05) is 26.2 Å². The minimum Gasteiger partial charge on any atom is -0.353 e. The van der Waals surface area contributed by atoms with Crippen LogP contribution in [-0.4, -0.2) is 108 Å². The number of halogens is 2. The van der Waals surface area contributed by atoms with Crippen molar-refractivity contribution in [2.24, 2.45) is 0 Å². The third-order valence-electron chi connectivity index (χ3n) is 12.4. The summed E-state index contributed by atoms with van der Waals surface area (Å²) >= 11 is 0. The topological polar surface area (TPSA) is 189 Å². The quantitative estimate of drug-likeness (QED) is 0.187. The van der Waals surface area contributed by atoms with E-state index in [4.69, 9.17) is 0 Å². The fourth-order valence-corrected chi connectivity index (χ4v) is 8.48. The number of carbonyl (C=O) groups is 6. The van der Waals surface area contributed by atoms with Gasteiger partial charge in [-0.15, -0.1) is 0 Å². The van der Waals surface area contributed by atoms with E-state index in [2.05, 4.69) is 67.0 Å². The zero-order chi connectivity index (χ0) is 46.1. The van der Waals surface area contributed by atoms with Gasteiger partial charge in [-0.2, -0.15) is 0 Å². The SMILES string of the molecule is CCc1cnc(N2CCN(C(=O)c3ccc([C@@]4(C)NC(=O)NC4=O)c(F)c3)CC2)c(C)c1.CCc1cnc(N2CCN(C(=O)c3ccc([C@]4(C)NC(=O)NC4=O)c(F)c3)CC2)c(C)c1. The van der Waals surface area contributed by atoms with E-state index in [9.17, 15) is 37.5 Å². The average molecular weight is 879 g/mol. The molecule has 0 bridgehead atoms. The molecule has 4 N–H and O–H groups in total. The third kappa shape index (κ3) is 8.81. The Bertz CT molecular complexity index is 2370. The van der Waals surface area contributed by atoms with Gasteiger partial charge in [0.25, 0.3) is 23.6 Å². The molecule has 0 unspecified atom stereocenters. The Morgan fingerprint density at radius 2 is 0.953 bits per heavy atom. The highest BCUT2D eigenvalue weighted by Crippen LogP contribution is 2.30. The summed E-state index contributed by atoms with van der Waals surface area (Å²) in [4.78, 5) is 89.9. The number of amides is 8. The number of pyridine rings is 2. The molecule has 8 rings (SSSR count). The van der Waals surface area contributed by atoms with Crippen LogP contribution in [0.1, 0.15) is 81.8 Å². The average Bonchev–Trinajstić information content (AvgIpc) is 3.71. The highest BCUT2D eigenvalue weighted by atomic mass is 19.1. The maximum absolute atomic E-state index is 14.8. The zero-order valence-electron chi connectivity index (χ0n) is 36.7. The van der Waals surface area contributed by atoms with E-state index in [0.717, 1.165) is 47.7 Å². The molecule has 2 aromatic heterocycles. The Morgan fingerprint density at radius 1 is 0.594 bits per heavy atom. The molecule has 6 heterocycles. The van der Waals surface area contributed by atoms with Crippen molar-refractivity contribution in [1.82, 2.24) is 41.0 Å². The van der Waals surface area contributed by atoms with Gasteiger partial charge in [0.1, 0.15) is 34.3 Å². The Hall–Kier alpha value is -6.98. The molecule has 18 heteroatoms. The molecule has 16 nitrogen and oxygen atoms in total. The molecular weight excluding hydrogens is 827 g/mol. The second-order valence-corrected chi connectivity index (χ2v) is 16.7. The number of anilines is 2. The first-order valence-corrected chi connectivity index (χ1v) is 21.3.